The van der Waals surface area contributed by atoms with E-state index in [1.807, 2.05) is 6.92 Å². The van der Waals surface area contributed by atoms with Crippen LogP contribution in [0.25, 0.3) is 0 Å². The summed E-state index contributed by atoms with van der Waals surface area (Å²) in [6, 6.07) is 0. The molecule has 0 spiro atoms. The summed E-state index contributed by atoms with van der Waals surface area (Å²) >= 11 is 0. The number of carbonyl (C=O) groups excluding carboxylic acids is 1. The molecule has 4 heteroatoms. The average molecular weight is 192 g/mol. The van der Waals surface area contributed by atoms with Crippen LogP contribution in [0.5, 0.6) is 0 Å². The van der Waals surface area contributed by atoms with Crippen LogP contribution in [0.1, 0.15) is 26.7 Å². The molecule has 0 fully saturated rings. The first-order valence-electron chi connectivity index (χ1n) is 3.30. The fourth-order valence-electron chi connectivity index (χ4n) is 0.786. The Morgan fingerprint density at radius 2 is 1.91 bits per heavy atom. The summed E-state index contributed by atoms with van der Waals surface area (Å²) in [7, 11) is 0. The third-order valence-corrected chi connectivity index (χ3v) is 1.49. The number of carbonyl (C=O) groups is 2. The second-order valence-corrected chi connectivity index (χ2v) is 2.31. The van der Waals surface area contributed by atoms with Gasteiger partial charge in [-0.2, -0.15) is 0 Å². The maximum absolute atomic E-state index is 10.6. The van der Waals surface area contributed by atoms with Crippen LogP contribution in [0.4, 0.5) is 0 Å². The molecule has 0 aromatic heterocycles. The molecule has 3 nitrogen and oxygen atoms in total. The summed E-state index contributed by atoms with van der Waals surface area (Å²) in [6.45, 7) is 3.24. The zero-order valence-electron chi connectivity index (χ0n) is 6.76. The Morgan fingerprint density at radius 3 is 2.00 bits per heavy atom. The number of hydrogen-bond acceptors (Lipinski definition) is 2. The number of ketones is 1. The number of hydrogen-bond donors (Lipinski definition) is 1. The summed E-state index contributed by atoms with van der Waals surface area (Å²) in [4.78, 5) is 20.8. The first-order chi connectivity index (χ1) is 4.57. The molecule has 0 aliphatic rings. The van der Waals surface area contributed by atoms with Gasteiger partial charge in [0.05, 0.1) is 6.42 Å². The van der Waals surface area contributed by atoms with Gasteiger partial charge in [-0.25, -0.2) is 0 Å². The topological polar surface area (TPSA) is 54.4 Å². The van der Waals surface area contributed by atoms with Gasteiger partial charge in [0.2, 0.25) is 0 Å². The van der Waals surface area contributed by atoms with Crippen LogP contribution >= 0.6 is 0 Å². The molecule has 1 N–H and O–H groups in total. The van der Waals surface area contributed by atoms with E-state index in [1.165, 1.54) is 6.92 Å². The summed E-state index contributed by atoms with van der Waals surface area (Å²) in [5.74, 6) is -1.23. The van der Waals surface area contributed by atoms with Gasteiger partial charge in [-0.3, -0.25) is 9.59 Å². The van der Waals surface area contributed by atoms with Crippen molar-refractivity contribution in [3.8, 4) is 0 Å². The molecule has 0 aliphatic heterocycles. The number of aliphatic carboxylic acids is 1. The van der Waals surface area contributed by atoms with Crippen molar-refractivity contribution in [2.75, 3.05) is 0 Å². The standard InChI is InChI=1S/C7H12O3.Ti/c1-3-6(5(2)8)4-7(9)10;/h6H,3-4H2,1-2H3,(H,9,10);. The molecule has 0 aromatic carbocycles. The smallest absolute Gasteiger partial charge is 0.304 e. The fourth-order valence-corrected chi connectivity index (χ4v) is 0.786. The molecule has 0 aliphatic carbocycles. The zero-order chi connectivity index (χ0) is 8.15. The summed E-state index contributed by atoms with van der Waals surface area (Å²) in [5.41, 5.74) is 0. The molecule has 0 rings (SSSR count). The van der Waals surface area contributed by atoms with Crippen molar-refractivity contribution < 1.29 is 36.4 Å². The van der Waals surface area contributed by atoms with Crippen molar-refractivity contribution in [2.24, 2.45) is 5.92 Å². The summed E-state index contributed by atoms with van der Waals surface area (Å²) in [5, 5.41) is 8.31. The van der Waals surface area contributed by atoms with E-state index in [9.17, 15) is 9.59 Å². The van der Waals surface area contributed by atoms with Crippen LogP contribution < -0.4 is 0 Å². The molecule has 0 amide bonds. The van der Waals surface area contributed by atoms with Crippen LogP contribution in [0, 0.1) is 5.92 Å². The van der Waals surface area contributed by atoms with Gasteiger partial charge >= 0.3 is 5.97 Å². The van der Waals surface area contributed by atoms with E-state index in [4.69, 9.17) is 5.11 Å². The first kappa shape index (κ1) is 13.4. The molecule has 1 atom stereocenters. The van der Waals surface area contributed by atoms with E-state index in [0.717, 1.165) is 0 Å². The zero-order valence-corrected chi connectivity index (χ0v) is 8.32. The molecule has 0 saturated carbocycles. The van der Waals surface area contributed by atoms with Crippen LogP contribution in [0.3, 0.4) is 0 Å². The van der Waals surface area contributed by atoms with Crippen molar-refractivity contribution in [1.82, 2.24) is 0 Å². The molecule has 0 heterocycles. The largest absolute Gasteiger partial charge is 0.481 e. The molecule has 0 aromatic rings. The Hall–Kier alpha value is -0.146. The predicted molar refractivity (Wildman–Crippen MR) is 36.7 cm³/mol. The van der Waals surface area contributed by atoms with Crippen LogP contribution in [-0.2, 0) is 31.3 Å². The van der Waals surface area contributed by atoms with Gasteiger partial charge in [-0.05, 0) is 13.3 Å². The molecular weight excluding hydrogens is 180 g/mol. The van der Waals surface area contributed by atoms with Crippen molar-refractivity contribution >= 4 is 11.8 Å². The molecule has 0 radical (unpaired) electrons. The van der Waals surface area contributed by atoms with Crippen LogP contribution in [0.2, 0.25) is 0 Å². The molecule has 11 heavy (non-hydrogen) atoms. The Kier molecular flexibility index (Phi) is 8.01. The Balaban J connectivity index is 0. The van der Waals surface area contributed by atoms with E-state index < -0.39 is 5.97 Å². The maximum atomic E-state index is 10.6. The van der Waals surface area contributed by atoms with E-state index in [-0.39, 0.29) is 39.8 Å². The third kappa shape index (κ3) is 6.26. The normalized spacial score (nSPS) is 11.5. The third-order valence-electron chi connectivity index (χ3n) is 1.49. The van der Waals surface area contributed by atoms with Gasteiger partial charge in [0, 0.05) is 27.6 Å². The molecule has 62 valence electrons. The number of Topliss-reactive ketones (excluding diaryl/α,β-unsaturated/α-hetero) is 1. The van der Waals surface area contributed by atoms with Crippen molar-refractivity contribution in [3.05, 3.63) is 0 Å². The Morgan fingerprint density at radius 1 is 1.45 bits per heavy atom. The monoisotopic (exact) mass is 192 g/mol. The van der Waals surface area contributed by atoms with Gasteiger partial charge in [-0.15, -0.1) is 0 Å². The minimum Gasteiger partial charge on any atom is -0.481 e. The summed E-state index contributed by atoms with van der Waals surface area (Å²) < 4.78 is 0. The number of carboxylic acid groups (broad SMARTS) is 1. The minimum atomic E-state index is -0.901. The van der Waals surface area contributed by atoms with E-state index in [2.05, 4.69) is 0 Å². The van der Waals surface area contributed by atoms with Crippen LogP contribution in [0.15, 0.2) is 0 Å². The van der Waals surface area contributed by atoms with Gasteiger partial charge in [0.15, 0.2) is 0 Å². The predicted octanol–water partition coefficient (Wildman–Crippen LogP) is 1.07. The van der Waals surface area contributed by atoms with E-state index in [1.54, 1.807) is 0 Å². The average Bonchev–Trinajstić information content (AvgIpc) is 1.81. The maximum Gasteiger partial charge on any atom is 0.304 e. The first-order valence-corrected chi connectivity index (χ1v) is 3.30. The van der Waals surface area contributed by atoms with E-state index in [0.29, 0.717) is 6.42 Å². The number of carboxylic acids is 1. The van der Waals surface area contributed by atoms with Crippen LogP contribution in [-0.4, -0.2) is 16.9 Å². The molecule has 1 unspecified atom stereocenters. The Bertz CT molecular complexity index is 145. The second kappa shape index (κ2) is 6.56. The van der Waals surface area contributed by atoms with Crippen molar-refractivity contribution in [1.29, 1.82) is 0 Å². The van der Waals surface area contributed by atoms with Crippen molar-refractivity contribution in [2.45, 2.75) is 26.7 Å². The second-order valence-electron chi connectivity index (χ2n) is 2.31. The van der Waals surface area contributed by atoms with E-state index >= 15 is 0 Å². The molecule has 0 bridgehead atoms. The Labute approximate surface area is 81.1 Å². The molecular formula is C7H12O3Ti. The quantitative estimate of drug-likeness (QED) is 0.678. The van der Waals surface area contributed by atoms with Gasteiger partial charge in [0.1, 0.15) is 5.78 Å². The molecule has 0 saturated heterocycles. The SMILES string of the molecule is CCC(CC(=O)O)C(C)=O.[Ti]. The summed E-state index contributed by atoms with van der Waals surface area (Å²) in [6.07, 6.45) is 0.577. The number of rotatable bonds is 4. The van der Waals surface area contributed by atoms with Crippen molar-refractivity contribution in [3.63, 3.8) is 0 Å². The van der Waals surface area contributed by atoms with Gasteiger partial charge in [-0.1, -0.05) is 6.92 Å². The minimum absolute atomic E-state index is 0. The van der Waals surface area contributed by atoms with Gasteiger partial charge < -0.3 is 5.11 Å². The van der Waals surface area contributed by atoms with Gasteiger partial charge in [0.25, 0.3) is 0 Å². The fraction of sp³-hybridized carbons (Fsp3) is 0.714.